The molecular weight excluding hydrogens is 394 g/mol. The summed E-state index contributed by atoms with van der Waals surface area (Å²) in [5, 5.41) is 2.81. The van der Waals surface area contributed by atoms with Gasteiger partial charge in [0.2, 0.25) is 5.91 Å². The molecule has 3 saturated carbocycles. The number of esters is 2. The number of methoxy groups -OCH3 is 1. The van der Waals surface area contributed by atoms with Gasteiger partial charge in [-0.05, 0) is 73.5 Å². The van der Waals surface area contributed by atoms with Crippen LogP contribution in [0.4, 0.5) is 0 Å². The van der Waals surface area contributed by atoms with Gasteiger partial charge in [0.15, 0.2) is 0 Å². The van der Waals surface area contributed by atoms with Crippen LogP contribution >= 0.6 is 0 Å². The monoisotopic (exact) mass is 431 g/mol. The van der Waals surface area contributed by atoms with E-state index in [2.05, 4.69) is 30.0 Å². The van der Waals surface area contributed by atoms with Gasteiger partial charge in [0.05, 0.1) is 7.11 Å². The van der Waals surface area contributed by atoms with Crippen LogP contribution in [0.5, 0.6) is 0 Å². The van der Waals surface area contributed by atoms with Crippen LogP contribution in [0.1, 0.15) is 72.1 Å². The number of ether oxygens (including phenoxy) is 2. The van der Waals surface area contributed by atoms with Crippen molar-refractivity contribution in [2.75, 3.05) is 13.7 Å². The van der Waals surface area contributed by atoms with Crippen molar-refractivity contribution in [3.63, 3.8) is 0 Å². The number of rotatable bonds is 4. The molecule has 0 bridgehead atoms. The van der Waals surface area contributed by atoms with Crippen molar-refractivity contribution >= 4 is 17.8 Å². The second-order valence-electron chi connectivity index (χ2n) is 10.7. The Balaban J connectivity index is 1.49. The fraction of sp³-hybridized carbons (Fsp3) is 0.800. The highest BCUT2D eigenvalue weighted by atomic mass is 16.5. The summed E-state index contributed by atoms with van der Waals surface area (Å²) in [5.74, 6) is 1.19. The summed E-state index contributed by atoms with van der Waals surface area (Å²) in [6.45, 7) is 6.19. The first-order valence-electron chi connectivity index (χ1n) is 11.9. The van der Waals surface area contributed by atoms with Crippen LogP contribution in [-0.4, -0.2) is 37.6 Å². The van der Waals surface area contributed by atoms with Gasteiger partial charge in [-0.25, -0.2) is 0 Å². The molecule has 6 nitrogen and oxygen atoms in total. The fourth-order valence-corrected chi connectivity index (χ4v) is 7.75. The van der Waals surface area contributed by atoms with Crippen molar-refractivity contribution in [3.8, 4) is 0 Å². The number of carbonyl (C=O) groups excluding carboxylic acids is 3. The van der Waals surface area contributed by atoms with E-state index in [4.69, 9.17) is 4.74 Å². The second-order valence-corrected chi connectivity index (χ2v) is 10.7. The van der Waals surface area contributed by atoms with Gasteiger partial charge in [0.25, 0.3) is 0 Å². The third-order valence-corrected chi connectivity index (χ3v) is 9.34. The first-order valence-corrected chi connectivity index (χ1v) is 11.9. The van der Waals surface area contributed by atoms with E-state index in [1.165, 1.54) is 19.6 Å². The van der Waals surface area contributed by atoms with Crippen molar-refractivity contribution in [2.45, 2.75) is 78.2 Å². The molecule has 0 aromatic carbocycles. The third-order valence-electron chi connectivity index (χ3n) is 9.34. The Morgan fingerprint density at radius 2 is 1.87 bits per heavy atom. The Kier molecular flexibility index (Phi) is 5.95. The number of amides is 1. The quantitative estimate of drug-likeness (QED) is 0.541. The maximum Gasteiger partial charge on any atom is 0.325 e. The van der Waals surface area contributed by atoms with Gasteiger partial charge < -0.3 is 14.8 Å². The van der Waals surface area contributed by atoms with Gasteiger partial charge in [0, 0.05) is 19.3 Å². The van der Waals surface area contributed by atoms with Crippen LogP contribution in [0.2, 0.25) is 0 Å². The zero-order chi connectivity index (χ0) is 22.4. The lowest BCUT2D eigenvalue weighted by Crippen LogP contribution is -2.52. The smallest absolute Gasteiger partial charge is 0.325 e. The normalized spacial score (nSPS) is 41.2. The Hall–Kier alpha value is -1.85. The van der Waals surface area contributed by atoms with Crippen LogP contribution in [0.15, 0.2) is 11.6 Å². The number of allylic oxidation sites excluding steroid dienone is 1. The SMILES string of the molecule is COC(=O)CNC(=O)[C@H]1CC[C@H]2[C@@H]3CC=C4C[C@@H](OC(C)=O)CC[C@]4(C)[C@H]3CC[C@]12C. The molecule has 172 valence electrons. The van der Waals surface area contributed by atoms with Gasteiger partial charge in [-0.2, -0.15) is 0 Å². The van der Waals surface area contributed by atoms with Crippen molar-refractivity contribution in [1.29, 1.82) is 0 Å². The molecule has 3 fully saturated rings. The van der Waals surface area contributed by atoms with Crippen molar-refractivity contribution in [3.05, 3.63) is 11.6 Å². The molecule has 1 amide bonds. The van der Waals surface area contributed by atoms with Crippen LogP contribution in [0, 0.1) is 34.5 Å². The molecule has 0 saturated heterocycles. The molecule has 0 aliphatic heterocycles. The number of hydrogen-bond donors (Lipinski definition) is 1. The second kappa shape index (κ2) is 8.25. The first-order chi connectivity index (χ1) is 14.7. The Morgan fingerprint density at radius 1 is 1.10 bits per heavy atom. The molecule has 4 rings (SSSR count). The number of nitrogens with one attached hydrogen (secondary N) is 1. The zero-order valence-corrected chi connectivity index (χ0v) is 19.4. The van der Waals surface area contributed by atoms with E-state index < -0.39 is 5.97 Å². The van der Waals surface area contributed by atoms with Gasteiger partial charge >= 0.3 is 11.9 Å². The van der Waals surface area contributed by atoms with Crippen LogP contribution in [0.25, 0.3) is 0 Å². The highest BCUT2D eigenvalue weighted by Gasteiger charge is 2.60. The summed E-state index contributed by atoms with van der Waals surface area (Å²) in [6.07, 6.45) is 10.6. The molecule has 7 atom stereocenters. The molecule has 4 aliphatic carbocycles. The van der Waals surface area contributed by atoms with Gasteiger partial charge in [0.1, 0.15) is 12.6 Å². The fourth-order valence-electron chi connectivity index (χ4n) is 7.75. The topological polar surface area (TPSA) is 81.7 Å². The lowest BCUT2D eigenvalue weighted by molar-refractivity contribution is -0.149. The van der Waals surface area contributed by atoms with Crippen LogP contribution in [0.3, 0.4) is 0 Å². The minimum Gasteiger partial charge on any atom is -0.468 e. The highest BCUT2D eigenvalue weighted by molar-refractivity contribution is 5.84. The summed E-state index contributed by atoms with van der Waals surface area (Å²) < 4.78 is 10.2. The summed E-state index contributed by atoms with van der Waals surface area (Å²) in [4.78, 5) is 35.8. The number of carbonyl (C=O) groups is 3. The predicted octanol–water partition coefficient (Wildman–Crippen LogP) is 3.79. The van der Waals surface area contributed by atoms with Crippen molar-refractivity contribution in [1.82, 2.24) is 5.32 Å². The third kappa shape index (κ3) is 3.80. The molecule has 0 aromatic heterocycles. The summed E-state index contributed by atoms with van der Waals surface area (Å²) in [7, 11) is 1.34. The molecule has 0 heterocycles. The molecule has 0 aromatic rings. The maximum absolute atomic E-state index is 12.9. The molecule has 0 radical (unpaired) electrons. The van der Waals surface area contributed by atoms with E-state index in [1.807, 2.05) is 0 Å². The van der Waals surface area contributed by atoms with E-state index >= 15 is 0 Å². The summed E-state index contributed by atoms with van der Waals surface area (Å²) >= 11 is 0. The van der Waals surface area contributed by atoms with Crippen molar-refractivity contribution < 1.29 is 23.9 Å². The molecule has 0 unspecified atom stereocenters. The average Bonchev–Trinajstić information content (AvgIpc) is 3.09. The van der Waals surface area contributed by atoms with E-state index in [0.717, 1.165) is 51.4 Å². The lowest BCUT2D eigenvalue weighted by atomic mass is 9.47. The lowest BCUT2D eigenvalue weighted by Gasteiger charge is -2.58. The minimum atomic E-state index is -0.404. The number of fused-ring (bicyclic) bond motifs is 5. The zero-order valence-electron chi connectivity index (χ0n) is 19.4. The van der Waals surface area contributed by atoms with Crippen LogP contribution in [-0.2, 0) is 23.9 Å². The minimum absolute atomic E-state index is 0.00197. The first kappa shape index (κ1) is 22.3. The van der Waals surface area contributed by atoms with E-state index in [1.54, 1.807) is 0 Å². The molecule has 0 spiro atoms. The molecular formula is C25H37NO5. The predicted molar refractivity (Wildman–Crippen MR) is 116 cm³/mol. The standard InChI is InChI=1S/C25H37NO5/c1-15(27)31-17-9-11-24(2)16(13-17)5-6-18-19-7-8-21(23(29)26-14-22(28)30-4)25(19,3)12-10-20(18)24/h5,17-21H,6-14H2,1-4H3,(H,26,29)/t17-,18-,19-,20-,21+,24-,25-/m0/s1. The van der Waals surface area contributed by atoms with Gasteiger partial charge in [-0.3, -0.25) is 14.4 Å². The van der Waals surface area contributed by atoms with Gasteiger partial charge in [-0.1, -0.05) is 25.5 Å². The molecule has 1 N–H and O–H groups in total. The van der Waals surface area contributed by atoms with Crippen molar-refractivity contribution in [2.24, 2.45) is 34.5 Å². The van der Waals surface area contributed by atoms with E-state index in [9.17, 15) is 14.4 Å². The number of hydrogen-bond acceptors (Lipinski definition) is 5. The summed E-state index contributed by atoms with van der Waals surface area (Å²) in [5.41, 5.74) is 1.67. The summed E-state index contributed by atoms with van der Waals surface area (Å²) in [6, 6.07) is 0. The van der Waals surface area contributed by atoms with E-state index in [0.29, 0.717) is 17.8 Å². The maximum atomic E-state index is 12.9. The largest absolute Gasteiger partial charge is 0.468 e. The molecule has 6 heteroatoms. The Morgan fingerprint density at radius 3 is 2.58 bits per heavy atom. The molecule has 31 heavy (non-hydrogen) atoms. The Labute approximate surface area is 185 Å². The van der Waals surface area contributed by atoms with E-state index in [-0.39, 0.29) is 41.3 Å². The molecule has 4 aliphatic rings. The van der Waals surface area contributed by atoms with Crippen LogP contribution < -0.4 is 5.32 Å². The average molecular weight is 432 g/mol. The van der Waals surface area contributed by atoms with Gasteiger partial charge in [-0.15, -0.1) is 0 Å². The highest BCUT2D eigenvalue weighted by Crippen LogP contribution is 2.66. The Bertz CT molecular complexity index is 791.